The van der Waals surface area contributed by atoms with Gasteiger partial charge in [-0.25, -0.2) is 5.43 Å². The van der Waals surface area contributed by atoms with E-state index in [-0.39, 0.29) is 17.7 Å². The molecule has 0 aromatic heterocycles. The Kier molecular flexibility index (Phi) is 6.82. The van der Waals surface area contributed by atoms with Crippen molar-refractivity contribution in [2.45, 2.75) is 39.0 Å². The molecule has 0 heterocycles. The van der Waals surface area contributed by atoms with Gasteiger partial charge < -0.3 is 5.32 Å². The molecule has 5 nitrogen and oxygen atoms in total. The molecule has 3 rings (SSSR count). The number of carbonyl (C=O) groups excluding carboxylic acids is 2. The van der Waals surface area contributed by atoms with Gasteiger partial charge in [-0.3, -0.25) is 9.59 Å². The quantitative estimate of drug-likeness (QED) is 0.549. The van der Waals surface area contributed by atoms with E-state index in [1.807, 2.05) is 24.3 Å². The van der Waals surface area contributed by atoms with Gasteiger partial charge in [-0.1, -0.05) is 49.1 Å². The van der Waals surface area contributed by atoms with Crippen LogP contribution in [0.2, 0.25) is 5.02 Å². The van der Waals surface area contributed by atoms with E-state index in [0.29, 0.717) is 16.3 Å². The number of hydrogen-bond acceptors (Lipinski definition) is 3. The van der Waals surface area contributed by atoms with Gasteiger partial charge in [0.1, 0.15) is 0 Å². The summed E-state index contributed by atoms with van der Waals surface area (Å²) in [5, 5.41) is 7.67. The molecule has 28 heavy (non-hydrogen) atoms. The summed E-state index contributed by atoms with van der Waals surface area (Å²) in [5.41, 5.74) is 5.19. The van der Waals surface area contributed by atoms with Crippen LogP contribution < -0.4 is 10.7 Å². The fourth-order valence-electron chi connectivity index (χ4n) is 3.32. The highest BCUT2D eigenvalue weighted by Crippen LogP contribution is 2.25. The SMILES string of the molecule is CC(=NNC(=O)c1cccc(Cl)c1)c1cccc(NC(=O)C2CCCCC2)c1. The van der Waals surface area contributed by atoms with Crippen LogP contribution in [-0.4, -0.2) is 17.5 Å². The molecular formula is C22H24ClN3O2. The van der Waals surface area contributed by atoms with Gasteiger partial charge in [0, 0.05) is 22.2 Å². The molecule has 0 bridgehead atoms. The van der Waals surface area contributed by atoms with Gasteiger partial charge in [0.25, 0.3) is 5.91 Å². The first-order valence-corrected chi connectivity index (χ1v) is 9.92. The van der Waals surface area contributed by atoms with E-state index >= 15 is 0 Å². The predicted octanol–water partition coefficient (Wildman–Crippen LogP) is 5.01. The van der Waals surface area contributed by atoms with Gasteiger partial charge in [-0.05, 0) is 55.7 Å². The molecule has 2 amide bonds. The number of benzene rings is 2. The van der Waals surface area contributed by atoms with Crippen LogP contribution in [0.3, 0.4) is 0 Å². The molecule has 0 unspecified atom stereocenters. The van der Waals surface area contributed by atoms with Crippen LogP contribution in [0, 0.1) is 5.92 Å². The molecule has 0 spiro atoms. The largest absolute Gasteiger partial charge is 0.326 e. The number of hydrogen-bond donors (Lipinski definition) is 2. The van der Waals surface area contributed by atoms with E-state index in [1.54, 1.807) is 31.2 Å². The van der Waals surface area contributed by atoms with Crippen molar-refractivity contribution in [2.75, 3.05) is 5.32 Å². The molecule has 1 saturated carbocycles. The van der Waals surface area contributed by atoms with Crippen LogP contribution in [0.15, 0.2) is 53.6 Å². The van der Waals surface area contributed by atoms with Gasteiger partial charge in [-0.15, -0.1) is 0 Å². The van der Waals surface area contributed by atoms with E-state index in [0.717, 1.165) is 36.9 Å². The van der Waals surface area contributed by atoms with Crippen molar-refractivity contribution in [1.82, 2.24) is 5.43 Å². The van der Waals surface area contributed by atoms with Crippen LogP contribution in [-0.2, 0) is 4.79 Å². The summed E-state index contributed by atoms with van der Waals surface area (Å²) < 4.78 is 0. The Labute approximate surface area is 170 Å². The molecule has 0 atom stereocenters. The topological polar surface area (TPSA) is 70.6 Å². The number of nitrogens with one attached hydrogen (secondary N) is 2. The zero-order chi connectivity index (χ0) is 19.9. The summed E-state index contributed by atoms with van der Waals surface area (Å²) in [4.78, 5) is 24.6. The van der Waals surface area contributed by atoms with Gasteiger partial charge >= 0.3 is 0 Å². The molecule has 0 radical (unpaired) electrons. The van der Waals surface area contributed by atoms with Gasteiger partial charge in [0.05, 0.1) is 5.71 Å². The second-order valence-electron chi connectivity index (χ2n) is 7.05. The first-order valence-electron chi connectivity index (χ1n) is 9.54. The highest BCUT2D eigenvalue weighted by molar-refractivity contribution is 6.31. The minimum atomic E-state index is -0.330. The number of rotatable bonds is 5. The third-order valence-electron chi connectivity index (χ3n) is 4.94. The lowest BCUT2D eigenvalue weighted by molar-refractivity contribution is -0.120. The van der Waals surface area contributed by atoms with Crippen LogP contribution in [0.1, 0.15) is 54.9 Å². The van der Waals surface area contributed by atoms with E-state index in [4.69, 9.17) is 11.6 Å². The Balaban J connectivity index is 1.64. The summed E-state index contributed by atoms with van der Waals surface area (Å²) in [6.07, 6.45) is 5.38. The van der Waals surface area contributed by atoms with Crippen molar-refractivity contribution < 1.29 is 9.59 Å². The maximum absolute atomic E-state index is 12.4. The molecule has 0 saturated heterocycles. The van der Waals surface area contributed by atoms with Gasteiger partial charge in [0.2, 0.25) is 5.91 Å². The molecule has 146 valence electrons. The summed E-state index contributed by atoms with van der Waals surface area (Å²) in [5.74, 6) is -0.145. The van der Waals surface area contributed by atoms with E-state index in [9.17, 15) is 9.59 Å². The van der Waals surface area contributed by atoms with E-state index in [1.165, 1.54) is 6.42 Å². The molecule has 2 aromatic rings. The normalized spacial score (nSPS) is 15.1. The monoisotopic (exact) mass is 397 g/mol. The van der Waals surface area contributed by atoms with Crippen molar-refractivity contribution in [3.63, 3.8) is 0 Å². The number of halogens is 1. The lowest BCUT2D eigenvalue weighted by Crippen LogP contribution is -2.24. The average molecular weight is 398 g/mol. The van der Waals surface area contributed by atoms with Crippen molar-refractivity contribution >= 4 is 34.8 Å². The molecular weight excluding hydrogens is 374 g/mol. The highest BCUT2D eigenvalue weighted by Gasteiger charge is 2.21. The van der Waals surface area contributed by atoms with Crippen molar-refractivity contribution in [3.05, 3.63) is 64.7 Å². The number of amides is 2. The zero-order valence-corrected chi connectivity index (χ0v) is 16.6. The van der Waals surface area contributed by atoms with Gasteiger partial charge in [-0.2, -0.15) is 5.10 Å². The summed E-state index contributed by atoms with van der Waals surface area (Å²) in [6.45, 7) is 1.81. The Hall–Kier alpha value is -2.66. The smallest absolute Gasteiger partial charge is 0.271 e. The highest BCUT2D eigenvalue weighted by atomic mass is 35.5. The summed E-state index contributed by atoms with van der Waals surface area (Å²) >= 11 is 5.91. The standard InChI is InChI=1S/C22H24ClN3O2/c1-15(25-26-22(28)18-10-5-11-19(23)13-18)17-9-6-12-20(14-17)24-21(27)16-7-3-2-4-8-16/h5-6,9-14,16H,2-4,7-8H2,1H3,(H,24,27)(H,26,28). The van der Waals surface area contributed by atoms with E-state index in [2.05, 4.69) is 15.8 Å². The summed E-state index contributed by atoms with van der Waals surface area (Å²) in [7, 11) is 0. The molecule has 1 aliphatic carbocycles. The maximum atomic E-state index is 12.4. The molecule has 0 aliphatic heterocycles. The fraction of sp³-hybridized carbons (Fsp3) is 0.318. The van der Waals surface area contributed by atoms with Crippen LogP contribution in [0.4, 0.5) is 5.69 Å². The summed E-state index contributed by atoms with van der Waals surface area (Å²) in [6, 6.07) is 14.2. The average Bonchev–Trinajstić information content (AvgIpc) is 2.72. The number of carbonyl (C=O) groups is 2. The third-order valence-corrected chi connectivity index (χ3v) is 5.17. The second-order valence-corrected chi connectivity index (χ2v) is 7.49. The maximum Gasteiger partial charge on any atom is 0.271 e. The zero-order valence-electron chi connectivity index (χ0n) is 15.9. The number of hydrazone groups is 1. The number of anilines is 1. The predicted molar refractivity (Wildman–Crippen MR) is 113 cm³/mol. The molecule has 2 aromatic carbocycles. The van der Waals surface area contributed by atoms with Crippen molar-refractivity contribution in [3.8, 4) is 0 Å². The molecule has 6 heteroatoms. The molecule has 1 aliphatic rings. The minimum Gasteiger partial charge on any atom is -0.326 e. The van der Waals surface area contributed by atoms with Crippen LogP contribution in [0.25, 0.3) is 0 Å². The molecule has 2 N–H and O–H groups in total. The molecule has 1 fully saturated rings. The van der Waals surface area contributed by atoms with E-state index < -0.39 is 0 Å². The third kappa shape index (κ3) is 5.42. The first kappa shape index (κ1) is 20.1. The van der Waals surface area contributed by atoms with Crippen molar-refractivity contribution in [1.29, 1.82) is 0 Å². The van der Waals surface area contributed by atoms with Crippen molar-refractivity contribution in [2.24, 2.45) is 11.0 Å². The fourth-order valence-corrected chi connectivity index (χ4v) is 3.51. The Morgan fingerprint density at radius 3 is 2.46 bits per heavy atom. The number of nitrogens with zero attached hydrogens (tertiary/aromatic N) is 1. The second kappa shape index (κ2) is 9.51. The van der Waals surface area contributed by atoms with Crippen LogP contribution >= 0.6 is 11.6 Å². The Morgan fingerprint density at radius 2 is 1.71 bits per heavy atom. The Bertz CT molecular complexity index is 889. The Morgan fingerprint density at radius 1 is 1.00 bits per heavy atom. The van der Waals surface area contributed by atoms with Gasteiger partial charge in [0.15, 0.2) is 0 Å². The first-order chi connectivity index (χ1) is 13.5. The van der Waals surface area contributed by atoms with Crippen LogP contribution in [0.5, 0.6) is 0 Å². The minimum absolute atomic E-state index is 0.0840. The lowest BCUT2D eigenvalue weighted by Gasteiger charge is -2.20. The lowest BCUT2D eigenvalue weighted by atomic mass is 9.88.